The number of fused-ring (bicyclic) bond motifs is 1. The maximum atomic E-state index is 13.7. The molecule has 2 aliphatic rings. The number of esters is 1. The molecule has 0 radical (unpaired) electrons. The number of hydrogen-bond donors (Lipinski definition) is 0. The van der Waals surface area contributed by atoms with Crippen molar-refractivity contribution in [3.63, 3.8) is 0 Å². The summed E-state index contributed by atoms with van der Waals surface area (Å²) < 4.78 is 45.0. The van der Waals surface area contributed by atoms with Crippen LogP contribution >= 0.6 is 0 Å². The summed E-state index contributed by atoms with van der Waals surface area (Å²) >= 11 is 0. The van der Waals surface area contributed by atoms with Gasteiger partial charge in [0.1, 0.15) is 17.3 Å². The number of ether oxygens (including phenoxy) is 3. The first-order valence-electron chi connectivity index (χ1n) is 12.6. The molecule has 0 spiro atoms. The Balaban J connectivity index is 1.36. The molecule has 9 heteroatoms. The molecule has 1 heterocycles. The third-order valence-electron chi connectivity index (χ3n) is 7.21. The Morgan fingerprint density at radius 3 is 2.33 bits per heavy atom. The lowest BCUT2D eigenvalue weighted by Gasteiger charge is -2.24. The number of nitriles is 1. The van der Waals surface area contributed by atoms with E-state index in [-0.39, 0.29) is 29.7 Å². The van der Waals surface area contributed by atoms with Crippen LogP contribution in [0.3, 0.4) is 0 Å². The molecular formula is C30H28N2O6S. The molecule has 0 fully saturated rings. The Kier molecular flexibility index (Phi) is 7.31. The van der Waals surface area contributed by atoms with Gasteiger partial charge in [-0.1, -0.05) is 12.1 Å². The van der Waals surface area contributed by atoms with Gasteiger partial charge >= 0.3 is 5.97 Å². The molecule has 0 aromatic heterocycles. The fraction of sp³-hybridized carbons (Fsp3) is 0.267. The Labute approximate surface area is 228 Å². The topological polar surface area (TPSA) is 106 Å². The first-order chi connectivity index (χ1) is 18.8. The second-order valence-electron chi connectivity index (χ2n) is 9.44. The molecule has 1 unspecified atom stereocenters. The Bertz CT molecular complexity index is 1570. The number of carbonyl (C=O) groups is 1. The van der Waals surface area contributed by atoms with Crippen molar-refractivity contribution in [3.8, 4) is 17.6 Å². The Morgan fingerprint density at radius 1 is 1.00 bits per heavy atom. The van der Waals surface area contributed by atoms with Crippen LogP contribution in [0.15, 0.2) is 77.4 Å². The molecule has 0 N–H and O–H groups in total. The summed E-state index contributed by atoms with van der Waals surface area (Å²) in [4.78, 5) is 11.9. The second kappa shape index (κ2) is 10.8. The Morgan fingerprint density at radius 2 is 1.72 bits per heavy atom. The maximum Gasteiger partial charge on any atom is 0.305 e. The fourth-order valence-electron chi connectivity index (χ4n) is 4.94. The van der Waals surface area contributed by atoms with Crippen LogP contribution in [-0.4, -0.2) is 35.2 Å². The van der Waals surface area contributed by atoms with E-state index in [4.69, 9.17) is 19.5 Å². The summed E-state index contributed by atoms with van der Waals surface area (Å²) in [6.45, 7) is 0.223. The SMILES string of the molecule is COC(=O)CCC1CN(S(=O)(=O)c2ccc(OC3=C(c4ccc(C#N)cc4)CC3)cc2)c2ccc(OC)cc21. The van der Waals surface area contributed by atoms with Gasteiger partial charge in [-0.25, -0.2) is 8.42 Å². The highest BCUT2D eigenvalue weighted by atomic mass is 32.2. The molecule has 0 saturated carbocycles. The molecule has 39 heavy (non-hydrogen) atoms. The number of sulfonamides is 1. The van der Waals surface area contributed by atoms with Gasteiger partial charge in [0.2, 0.25) is 0 Å². The smallest absolute Gasteiger partial charge is 0.305 e. The van der Waals surface area contributed by atoms with Crippen molar-refractivity contribution in [1.82, 2.24) is 0 Å². The minimum Gasteiger partial charge on any atom is -0.497 e. The van der Waals surface area contributed by atoms with Crippen LogP contribution < -0.4 is 13.8 Å². The fourth-order valence-corrected chi connectivity index (χ4v) is 6.48. The lowest BCUT2D eigenvalue weighted by Crippen LogP contribution is -2.30. The molecule has 0 bridgehead atoms. The third kappa shape index (κ3) is 5.20. The monoisotopic (exact) mass is 544 g/mol. The number of nitrogens with zero attached hydrogens (tertiary/aromatic N) is 2. The summed E-state index contributed by atoms with van der Waals surface area (Å²) in [6, 6.07) is 21.2. The van der Waals surface area contributed by atoms with Gasteiger partial charge in [0.15, 0.2) is 0 Å². The van der Waals surface area contributed by atoms with Crippen molar-refractivity contribution in [2.24, 2.45) is 0 Å². The number of allylic oxidation sites excluding steroid dienone is 2. The number of anilines is 1. The standard InChI is InChI=1S/C30H28N2O6S/c1-36-24-10-14-28-27(17-24)22(7-16-30(33)37-2)19-32(28)39(34,35)25-11-8-23(9-12-25)38-29-15-13-26(29)21-5-3-20(18-31)4-6-21/h3-6,8-12,14,17,22H,7,13,15-16,19H2,1-2H3. The van der Waals surface area contributed by atoms with E-state index >= 15 is 0 Å². The van der Waals surface area contributed by atoms with Crippen molar-refractivity contribution in [3.05, 3.63) is 89.2 Å². The van der Waals surface area contributed by atoms with Crippen molar-refractivity contribution in [2.45, 2.75) is 36.5 Å². The second-order valence-corrected chi connectivity index (χ2v) is 11.3. The number of benzene rings is 3. The predicted molar refractivity (Wildman–Crippen MR) is 146 cm³/mol. The quantitative estimate of drug-likeness (QED) is 0.332. The third-order valence-corrected chi connectivity index (χ3v) is 9.00. The molecule has 0 amide bonds. The molecule has 1 aliphatic heterocycles. The molecule has 1 aliphatic carbocycles. The van der Waals surface area contributed by atoms with Crippen LogP contribution in [0.4, 0.5) is 5.69 Å². The highest BCUT2D eigenvalue weighted by molar-refractivity contribution is 7.92. The van der Waals surface area contributed by atoms with Gasteiger partial charge < -0.3 is 14.2 Å². The van der Waals surface area contributed by atoms with Gasteiger partial charge in [-0.2, -0.15) is 5.26 Å². The summed E-state index contributed by atoms with van der Waals surface area (Å²) in [5, 5.41) is 9.02. The van der Waals surface area contributed by atoms with Crippen LogP contribution in [0.1, 0.15) is 48.3 Å². The van der Waals surface area contributed by atoms with Crippen molar-refractivity contribution >= 4 is 27.3 Å². The van der Waals surface area contributed by atoms with Gasteiger partial charge in [0.05, 0.1) is 36.4 Å². The molecule has 0 saturated heterocycles. The first-order valence-corrected chi connectivity index (χ1v) is 14.1. The summed E-state index contributed by atoms with van der Waals surface area (Å²) in [6.07, 6.45) is 2.32. The van der Waals surface area contributed by atoms with E-state index in [0.717, 1.165) is 35.3 Å². The molecule has 1 atom stereocenters. The van der Waals surface area contributed by atoms with Crippen LogP contribution in [-0.2, 0) is 19.6 Å². The zero-order chi connectivity index (χ0) is 27.6. The summed E-state index contributed by atoms with van der Waals surface area (Å²) in [7, 11) is -0.962. The molecular weight excluding hydrogens is 516 g/mol. The average molecular weight is 545 g/mol. The largest absolute Gasteiger partial charge is 0.497 e. The molecule has 5 rings (SSSR count). The van der Waals surface area contributed by atoms with Crippen LogP contribution in [0.2, 0.25) is 0 Å². The van der Waals surface area contributed by atoms with E-state index in [0.29, 0.717) is 29.2 Å². The summed E-state index contributed by atoms with van der Waals surface area (Å²) in [5.41, 5.74) is 4.11. The van der Waals surface area contributed by atoms with E-state index in [2.05, 4.69) is 6.07 Å². The van der Waals surface area contributed by atoms with E-state index in [1.54, 1.807) is 55.6 Å². The van der Waals surface area contributed by atoms with E-state index in [9.17, 15) is 13.2 Å². The average Bonchev–Trinajstić information content (AvgIpc) is 3.33. The predicted octanol–water partition coefficient (Wildman–Crippen LogP) is 5.40. The lowest BCUT2D eigenvalue weighted by molar-refractivity contribution is -0.140. The van der Waals surface area contributed by atoms with Gasteiger partial charge in [0.25, 0.3) is 10.0 Å². The van der Waals surface area contributed by atoms with Crippen molar-refractivity contribution < 1.29 is 27.4 Å². The first kappa shape index (κ1) is 26.3. The highest BCUT2D eigenvalue weighted by Crippen LogP contribution is 2.44. The minimum atomic E-state index is -3.86. The highest BCUT2D eigenvalue weighted by Gasteiger charge is 2.37. The zero-order valence-electron chi connectivity index (χ0n) is 21.7. The molecule has 200 valence electrons. The van der Waals surface area contributed by atoms with E-state index in [1.807, 2.05) is 18.2 Å². The maximum absolute atomic E-state index is 13.7. The van der Waals surface area contributed by atoms with Gasteiger partial charge in [-0.3, -0.25) is 9.10 Å². The minimum absolute atomic E-state index is 0.153. The van der Waals surface area contributed by atoms with Gasteiger partial charge in [-0.15, -0.1) is 0 Å². The summed E-state index contributed by atoms with van der Waals surface area (Å²) in [5.74, 6) is 1.52. The van der Waals surface area contributed by atoms with E-state index < -0.39 is 10.0 Å². The number of carbonyl (C=O) groups excluding carboxylic acids is 1. The zero-order valence-corrected chi connectivity index (χ0v) is 22.5. The van der Waals surface area contributed by atoms with Crippen molar-refractivity contribution in [2.75, 3.05) is 25.1 Å². The van der Waals surface area contributed by atoms with Crippen LogP contribution in [0, 0.1) is 11.3 Å². The number of hydrogen-bond acceptors (Lipinski definition) is 7. The molecule has 3 aromatic rings. The molecule has 8 nitrogen and oxygen atoms in total. The lowest BCUT2D eigenvalue weighted by atomic mass is 9.89. The normalized spacial score (nSPS) is 16.2. The van der Waals surface area contributed by atoms with Crippen LogP contribution in [0.25, 0.3) is 5.57 Å². The van der Waals surface area contributed by atoms with Gasteiger partial charge in [0, 0.05) is 25.3 Å². The molecule has 3 aromatic carbocycles. The van der Waals surface area contributed by atoms with Crippen LogP contribution in [0.5, 0.6) is 11.5 Å². The van der Waals surface area contributed by atoms with Gasteiger partial charge in [-0.05, 0) is 84.1 Å². The van der Waals surface area contributed by atoms with E-state index in [1.165, 1.54) is 11.4 Å². The van der Waals surface area contributed by atoms with Crippen molar-refractivity contribution in [1.29, 1.82) is 5.26 Å². The number of methoxy groups -OCH3 is 2. The number of rotatable bonds is 9. The Hall–Kier alpha value is -4.29.